The van der Waals surface area contributed by atoms with Crippen LogP contribution < -0.4 is 15.4 Å². The normalized spacial score (nSPS) is 29.5. The van der Waals surface area contributed by atoms with Crippen molar-refractivity contribution in [1.82, 2.24) is 19.5 Å². The minimum Gasteiger partial charge on any atom is -0.476 e. The molecule has 3 N–H and O–H groups in total. The Bertz CT molecular complexity index is 1090. The van der Waals surface area contributed by atoms with Crippen molar-refractivity contribution in [3.8, 4) is 11.6 Å². The highest BCUT2D eigenvalue weighted by atomic mass is 17.2. The molecule has 3 aromatic rings. The second-order valence-electron chi connectivity index (χ2n) is 7.71. The number of hydrogen-bond acceptors (Lipinski definition) is 10. The number of aliphatic hydroxyl groups is 1. The van der Waals surface area contributed by atoms with E-state index in [1.165, 1.54) is 0 Å². The number of benzene rings is 1. The first kappa shape index (κ1) is 19.9. The standard InChI is InChI=1S/C20H23N5O6/c1-3-27-15-13-14(23-18(21)24-15)25(11-22-13)17-19(2)16(26)20(30-17,9-28-19)10-29-31-12-7-5-4-6-8-12/h4-8,11,16-17,26H,3,9-10H2,1-2H3,(H2,21,23,24)/t16-,17+,19+,20+/m0/s1. The lowest BCUT2D eigenvalue weighted by molar-refractivity contribution is -0.276. The van der Waals surface area contributed by atoms with Gasteiger partial charge < -0.3 is 29.9 Å². The monoisotopic (exact) mass is 429 g/mol. The zero-order valence-corrected chi connectivity index (χ0v) is 17.1. The van der Waals surface area contributed by atoms with Crippen molar-refractivity contribution in [2.24, 2.45) is 0 Å². The summed E-state index contributed by atoms with van der Waals surface area (Å²) in [6.45, 7) is 4.12. The quantitative estimate of drug-likeness (QED) is 0.417. The number of ether oxygens (including phenoxy) is 3. The number of anilines is 1. The minimum atomic E-state index is -1.12. The van der Waals surface area contributed by atoms with Crippen LogP contribution >= 0.6 is 0 Å². The number of hydrogen-bond donors (Lipinski definition) is 2. The van der Waals surface area contributed by atoms with Crippen molar-refractivity contribution in [1.29, 1.82) is 0 Å². The van der Waals surface area contributed by atoms with E-state index in [-0.39, 0.29) is 25.0 Å². The number of para-hydroxylation sites is 1. The third-order valence-corrected chi connectivity index (χ3v) is 5.65. The number of rotatable bonds is 7. The molecule has 2 bridgehead atoms. The molecular formula is C20H23N5O6. The molecule has 0 aliphatic carbocycles. The summed E-state index contributed by atoms with van der Waals surface area (Å²) < 4.78 is 19.5. The summed E-state index contributed by atoms with van der Waals surface area (Å²) in [4.78, 5) is 23.5. The molecule has 5 rings (SSSR count). The highest BCUT2D eigenvalue weighted by Crippen LogP contribution is 2.53. The van der Waals surface area contributed by atoms with Gasteiger partial charge in [0.2, 0.25) is 11.8 Å². The number of aliphatic hydroxyl groups excluding tert-OH is 1. The van der Waals surface area contributed by atoms with Gasteiger partial charge in [0.15, 0.2) is 28.7 Å². The van der Waals surface area contributed by atoms with Crippen LogP contribution in [0.1, 0.15) is 20.1 Å². The van der Waals surface area contributed by atoms with E-state index in [2.05, 4.69) is 15.0 Å². The maximum Gasteiger partial charge on any atom is 0.247 e. The van der Waals surface area contributed by atoms with E-state index < -0.39 is 23.5 Å². The molecule has 2 aliphatic rings. The third-order valence-electron chi connectivity index (χ3n) is 5.65. The SMILES string of the molecule is CCOc1nc(N)nc2c1ncn2[C@@H]1O[C@@]2(COOc3ccccc3)CO[C@]1(C)[C@@H]2O. The fourth-order valence-corrected chi connectivity index (χ4v) is 4.08. The van der Waals surface area contributed by atoms with E-state index >= 15 is 0 Å². The van der Waals surface area contributed by atoms with Crippen molar-refractivity contribution >= 4 is 17.1 Å². The summed E-state index contributed by atoms with van der Waals surface area (Å²) in [6.07, 6.45) is -0.166. The largest absolute Gasteiger partial charge is 0.476 e. The predicted octanol–water partition coefficient (Wildman–Crippen LogP) is 1.24. The maximum absolute atomic E-state index is 11.1. The predicted molar refractivity (Wildman–Crippen MR) is 107 cm³/mol. The highest BCUT2D eigenvalue weighted by molar-refractivity contribution is 5.77. The van der Waals surface area contributed by atoms with Gasteiger partial charge in [0, 0.05) is 0 Å². The Labute approximate surface area is 177 Å². The first-order chi connectivity index (χ1) is 15.0. The van der Waals surface area contributed by atoms with E-state index in [4.69, 9.17) is 29.7 Å². The van der Waals surface area contributed by atoms with Gasteiger partial charge >= 0.3 is 0 Å². The fourth-order valence-electron chi connectivity index (χ4n) is 4.08. The number of imidazole rings is 1. The molecule has 2 saturated heterocycles. The summed E-state index contributed by atoms with van der Waals surface area (Å²) in [5.74, 6) is 0.871. The minimum absolute atomic E-state index is 0.0386. The van der Waals surface area contributed by atoms with Gasteiger partial charge in [-0.15, -0.1) is 0 Å². The van der Waals surface area contributed by atoms with E-state index in [0.717, 1.165) is 0 Å². The molecule has 2 aromatic heterocycles. The molecule has 164 valence electrons. The Morgan fingerprint density at radius 1 is 1.29 bits per heavy atom. The second-order valence-corrected chi connectivity index (χ2v) is 7.71. The number of nitrogen functional groups attached to an aromatic ring is 1. The molecule has 0 spiro atoms. The Kier molecular flexibility index (Phi) is 4.70. The molecular weight excluding hydrogens is 406 g/mol. The van der Waals surface area contributed by atoms with Gasteiger partial charge in [-0.2, -0.15) is 14.9 Å². The summed E-state index contributed by atoms with van der Waals surface area (Å²) in [5.41, 5.74) is 4.55. The molecule has 0 unspecified atom stereocenters. The van der Waals surface area contributed by atoms with Crippen LogP contribution in [0.2, 0.25) is 0 Å². The van der Waals surface area contributed by atoms with Crippen LogP contribution in [-0.2, 0) is 14.4 Å². The van der Waals surface area contributed by atoms with E-state index in [0.29, 0.717) is 23.5 Å². The molecule has 2 fully saturated rings. The second kappa shape index (κ2) is 7.31. The van der Waals surface area contributed by atoms with Crippen LogP contribution in [0.25, 0.3) is 11.2 Å². The molecule has 31 heavy (non-hydrogen) atoms. The Morgan fingerprint density at radius 3 is 2.87 bits per heavy atom. The lowest BCUT2D eigenvalue weighted by Gasteiger charge is -2.33. The Balaban J connectivity index is 1.43. The summed E-state index contributed by atoms with van der Waals surface area (Å²) in [5, 5.41) is 11.1. The molecule has 2 aliphatic heterocycles. The molecule has 0 amide bonds. The molecule has 11 heteroatoms. The molecule has 0 saturated carbocycles. The molecule has 4 heterocycles. The van der Waals surface area contributed by atoms with Crippen LogP contribution in [0.15, 0.2) is 36.7 Å². The molecule has 11 nitrogen and oxygen atoms in total. The van der Waals surface area contributed by atoms with Crippen LogP contribution in [0.3, 0.4) is 0 Å². The van der Waals surface area contributed by atoms with Gasteiger partial charge in [0.05, 0.1) is 19.5 Å². The first-order valence-electron chi connectivity index (χ1n) is 9.94. The van der Waals surface area contributed by atoms with Gasteiger partial charge in [-0.05, 0) is 26.0 Å². The van der Waals surface area contributed by atoms with Gasteiger partial charge in [-0.3, -0.25) is 4.57 Å². The highest BCUT2D eigenvalue weighted by Gasteiger charge is 2.69. The Morgan fingerprint density at radius 2 is 2.10 bits per heavy atom. The lowest BCUT2D eigenvalue weighted by Crippen LogP contribution is -2.46. The number of nitrogens with zero attached hydrogens (tertiary/aromatic N) is 4. The topological polar surface area (TPSA) is 136 Å². The summed E-state index contributed by atoms with van der Waals surface area (Å²) in [6, 6.07) is 9.06. The molecule has 0 radical (unpaired) electrons. The van der Waals surface area contributed by atoms with Crippen molar-refractivity contribution < 1.29 is 29.1 Å². The van der Waals surface area contributed by atoms with Crippen molar-refractivity contribution in [2.45, 2.75) is 37.4 Å². The van der Waals surface area contributed by atoms with Crippen molar-refractivity contribution in [3.05, 3.63) is 36.7 Å². The average Bonchev–Trinajstić information content (AvgIpc) is 3.35. The molecule has 4 atom stereocenters. The van der Waals surface area contributed by atoms with Gasteiger partial charge in [-0.25, -0.2) is 4.98 Å². The third kappa shape index (κ3) is 3.08. The van der Waals surface area contributed by atoms with Gasteiger partial charge in [-0.1, -0.05) is 18.2 Å². The Hall–Kier alpha value is -2.99. The average molecular weight is 429 g/mol. The van der Waals surface area contributed by atoms with Crippen molar-refractivity contribution in [2.75, 3.05) is 25.6 Å². The summed E-state index contributed by atoms with van der Waals surface area (Å²) >= 11 is 0. The lowest BCUT2D eigenvalue weighted by atomic mass is 9.92. The fraction of sp³-hybridized carbons (Fsp3) is 0.450. The van der Waals surface area contributed by atoms with E-state index in [9.17, 15) is 5.11 Å². The van der Waals surface area contributed by atoms with Crippen LogP contribution in [0.5, 0.6) is 11.6 Å². The molecule has 1 aromatic carbocycles. The zero-order valence-electron chi connectivity index (χ0n) is 17.1. The van der Waals surface area contributed by atoms with Crippen LogP contribution in [-0.4, -0.2) is 61.8 Å². The van der Waals surface area contributed by atoms with E-state index in [1.54, 1.807) is 30.0 Å². The van der Waals surface area contributed by atoms with Crippen LogP contribution in [0.4, 0.5) is 5.95 Å². The number of nitrogens with two attached hydrogens (primary N) is 1. The van der Waals surface area contributed by atoms with Crippen molar-refractivity contribution in [3.63, 3.8) is 0 Å². The van der Waals surface area contributed by atoms with Gasteiger partial charge in [0.1, 0.15) is 18.3 Å². The van der Waals surface area contributed by atoms with E-state index in [1.807, 2.05) is 25.1 Å². The summed E-state index contributed by atoms with van der Waals surface area (Å²) in [7, 11) is 0. The van der Waals surface area contributed by atoms with Gasteiger partial charge in [0.25, 0.3) is 0 Å². The maximum atomic E-state index is 11.1. The first-order valence-corrected chi connectivity index (χ1v) is 9.94. The number of fused-ring (bicyclic) bond motifs is 3. The smallest absolute Gasteiger partial charge is 0.247 e. The van der Waals surface area contributed by atoms with Crippen LogP contribution in [0, 0.1) is 0 Å². The zero-order chi connectivity index (χ0) is 21.6. The number of aromatic nitrogens is 4.